The van der Waals surface area contributed by atoms with Crippen LogP contribution in [-0.2, 0) is 9.53 Å². The molecule has 2 atom stereocenters. The summed E-state index contributed by atoms with van der Waals surface area (Å²) in [5.74, 6) is -1.99. The van der Waals surface area contributed by atoms with Gasteiger partial charge in [0, 0.05) is 16.8 Å². The maximum atomic E-state index is 12.2. The van der Waals surface area contributed by atoms with Crippen LogP contribution < -0.4 is 10.6 Å². The molecule has 3 rings (SSSR count). The van der Waals surface area contributed by atoms with Gasteiger partial charge in [-0.2, -0.15) is 0 Å². The van der Waals surface area contributed by atoms with Crippen LogP contribution in [0.5, 0.6) is 11.5 Å². The first kappa shape index (κ1) is 20.4. The summed E-state index contributed by atoms with van der Waals surface area (Å²) in [5, 5.41) is 25.9. The average molecular weight is 400 g/mol. The highest BCUT2D eigenvalue weighted by molar-refractivity contribution is 6.04. The van der Waals surface area contributed by atoms with Crippen LogP contribution >= 0.6 is 0 Å². The van der Waals surface area contributed by atoms with Crippen molar-refractivity contribution in [1.82, 2.24) is 10.6 Å². The van der Waals surface area contributed by atoms with Crippen molar-refractivity contribution in [3.8, 4) is 11.5 Å². The minimum absolute atomic E-state index is 0.0108. The molecule has 0 aliphatic heterocycles. The van der Waals surface area contributed by atoms with E-state index >= 15 is 0 Å². The van der Waals surface area contributed by atoms with Crippen LogP contribution in [0.15, 0.2) is 30.3 Å². The van der Waals surface area contributed by atoms with E-state index in [1.165, 1.54) is 0 Å². The van der Waals surface area contributed by atoms with Crippen molar-refractivity contribution >= 4 is 28.7 Å². The van der Waals surface area contributed by atoms with Gasteiger partial charge in [0.1, 0.15) is 17.1 Å². The summed E-state index contributed by atoms with van der Waals surface area (Å²) < 4.78 is 4.88. The fourth-order valence-electron chi connectivity index (χ4n) is 3.60. The standard InChI is InChI=1S/C21H24N2O6/c1-12-6-2-5-9-16(12)22-21(28)23-18(25)11-29-20(27)15-10-17(24)13-7-3-4-8-14(13)19(15)26/h3-4,7-8,10,12,16,24,26H,2,5-6,9,11H2,1H3,(H2,22,23,25,28)/t12-,16+/m0/s1. The number of aromatic hydroxyl groups is 2. The van der Waals surface area contributed by atoms with Crippen LogP contribution in [0, 0.1) is 5.92 Å². The number of hydrogen-bond donors (Lipinski definition) is 4. The molecule has 0 aromatic heterocycles. The van der Waals surface area contributed by atoms with Gasteiger partial charge in [-0.3, -0.25) is 10.1 Å². The van der Waals surface area contributed by atoms with E-state index in [-0.39, 0.29) is 28.5 Å². The van der Waals surface area contributed by atoms with Gasteiger partial charge < -0.3 is 20.3 Å². The molecular weight excluding hydrogens is 376 g/mol. The lowest BCUT2D eigenvalue weighted by atomic mass is 9.86. The minimum Gasteiger partial charge on any atom is -0.507 e. The number of hydrogen-bond acceptors (Lipinski definition) is 6. The number of phenols is 2. The van der Waals surface area contributed by atoms with E-state index in [4.69, 9.17) is 4.74 Å². The Bertz CT molecular complexity index is 942. The number of phenolic OH excluding ortho intramolecular Hbond substituents is 2. The summed E-state index contributed by atoms with van der Waals surface area (Å²) in [6, 6.07) is 6.93. The lowest BCUT2D eigenvalue weighted by molar-refractivity contribution is -0.123. The average Bonchev–Trinajstić information content (AvgIpc) is 2.70. The Morgan fingerprint density at radius 3 is 2.52 bits per heavy atom. The van der Waals surface area contributed by atoms with Gasteiger partial charge in [-0.25, -0.2) is 9.59 Å². The minimum atomic E-state index is -0.986. The number of ether oxygens (including phenoxy) is 1. The number of fused-ring (bicyclic) bond motifs is 1. The molecule has 1 saturated carbocycles. The number of benzene rings is 2. The van der Waals surface area contributed by atoms with E-state index in [0.29, 0.717) is 11.3 Å². The zero-order chi connectivity index (χ0) is 21.0. The summed E-state index contributed by atoms with van der Waals surface area (Å²) in [4.78, 5) is 36.1. The van der Waals surface area contributed by atoms with Crippen molar-refractivity contribution in [3.63, 3.8) is 0 Å². The molecule has 8 heteroatoms. The monoisotopic (exact) mass is 400 g/mol. The number of amides is 3. The second kappa shape index (κ2) is 8.81. The Morgan fingerprint density at radius 1 is 1.10 bits per heavy atom. The molecule has 29 heavy (non-hydrogen) atoms. The summed E-state index contributed by atoms with van der Waals surface area (Å²) >= 11 is 0. The normalized spacial score (nSPS) is 18.8. The first-order valence-electron chi connectivity index (χ1n) is 9.58. The predicted molar refractivity (Wildman–Crippen MR) is 106 cm³/mol. The van der Waals surface area contributed by atoms with Gasteiger partial charge in [0.25, 0.3) is 5.91 Å². The summed E-state index contributed by atoms with van der Waals surface area (Å²) in [6.45, 7) is 1.36. The van der Waals surface area contributed by atoms with Crippen LogP contribution in [0.2, 0.25) is 0 Å². The molecule has 0 saturated heterocycles. The molecule has 1 aliphatic rings. The number of carbonyl (C=O) groups excluding carboxylic acids is 3. The number of carbonyl (C=O) groups is 3. The fourth-order valence-corrected chi connectivity index (χ4v) is 3.60. The second-order valence-corrected chi connectivity index (χ2v) is 7.30. The molecule has 154 valence electrons. The molecular formula is C21H24N2O6. The van der Waals surface area contributed by atoms with Crippen molar-refractivity contribution in [2.75, 3.05) is 6.61 Å². The first-order valence-corrected chi connectivity index (χ1v) is 9.58. The van der Waals surface area contributed by atoms with E-state index in [2.05, 4.69) is 17.6 Å². The third-order valence-corrected chi connectivity index (χ3v) is 5.23. The van der Waals surface area contributed by atoms with Crippen LogP contribution in [0.4, 0.5) is 4.79 Å². The van der Waals surface area contributed by atoms with Gasteiger partial charge in [0.15, 0.2) is 6.61 Å². The summed E-state index contributed by atoms with van der Waals surface area (Å²) in [7, 11) is 0. The second-order valence-electron chi connectivity index (χ2n) is 7.30. The Labute approximate surface area is 167 Å². The SMILES string of the molecule is C[C@H]1CCCC[C@H]1NC(=O)NC(=O)COC(=O)c1cc(O)c2ccccc2c1O. The van der Waals surface area contributed by atoms with Crippen LogP contribution in [-0.4, -0.2) is 40.8 Å². The van der Waals surface area contributed by atoms with Gasteiger partial charge in [0.2, 0.25) is 0 Å². The molecule has 3 amide bonds. The highest BCUT2D eigenvalue weighted by Gasteiger charge is 2.24. The molecule has 4 N–H and O–H groups in total. The lowest BCUT2D eigenvalue weighted by Gasteiger charge is -2.29. The predicted octanol–water partition coefficient (Wildman–Crippen LogP) is 2.81. The quantitative estimate of drug-likeness (QED) is 0.462. The van der Waals surface area contributed by atoms with Crippen LogP contribution in [0.3, 0.4) is 0 Å². The van der Waals surface area contributed by atoms with E-state index < -0.39 is 24.5 Å². The summed E-state index contributed by atoms with van der Waals surface area (Å²) in [6.07, 6.45) is 4.05. The number of esters is 1. The number of imide groups is 1. The number of nitrogens with one attached hydrogen (secondary N) is 2. The van der Waals surface area contributed by atoms with Gasteiger partial charge in [0.05, 0.1) is 0 Å². The number of rotatable bonds is 4. The van der Waals surface area contributed by atoms with Crippen molar-refractivity contribution in [2.45, 2.75) is 38.6 Å². The van der Waals surface area contributed by atoms with E-state index in [0.717, 1.165) is 31.7 Å². The van der Waals surface area contributed by atoms with Crippen molar-refractivity contribution in [2.24, 2.45) is 5.92 Å². The smallest absolute Gasteiger partial charge is 0.342 e. The lowest BCUT2D eigenvalue weighted by Crippen LogP contribution is -2.48. The Morgan fingerprint density at radius 2 is 1.79 bits per heavy atom. The highest BCUT2D eigenvalue weighted by atomic mass is 16.5. The van der Waals surface area contributed by atoms with Crippen molar-refractivity contribution in [1.29, 1.82) is 0 Å². The molecule has 1 fully saturated rings. The van der Waals surface area contributed by atoms with Crippen LogP contribution in [0.25, 0.3) is 10.8 Å². The van der Waals surface area contributed by atoms with Gasteiger partial charge in [-0.05, 0) is 24.8 Å². The molecule has 0 radical (unpaired) electrons. The Hall–Kier alpha value is -3.29. The molecule has 0 heterocycles. The maximum absolute atomic E-state index is 12.2. The zero-order valence-corrected chi connectivity index (χ0v) is 16.1. The third-order valence-electron chi connectivity index (χ3n) is 5.23. The summed E-state index contributed by atoms with van der Waals surface area (Å²) in [5.41, 5.74) is -0.269. The fraction of sp³-hybridized carbons (Fsp3) is 0.381. The molecule has 0 spiro atoms. The van der Waals surface area contributed by atoms with E-state index in [1.54, 1.807) is 24.3 Å². The molecule has 2 aromatic rings. The Balaban J connectivity index is 1.56. The number of urea groups is 1. The zero-order valence-electron chi connectivity index (χ0n) is 16.1. The van der Waals surface area contributed by atoms with Crippen molar-refractivity contribution in [3.05, 3.63) is 35.9 Å². The van der Waals surface area contributed by atoms with Gasteiger partial charge in [-0.15, -0.1) is 0 Å². The maximum Gasteiger partial charge on any atom is 0.342 e. The van der Waals surface area contributed by atoms with Gasteiger partial charge in [-0.1, -0.05) is 44.0 Å². The highest BCUT2D eigenvalue weighted by Crippen LogP contribution is 2.35. The third kappa shape index (κ3) is 4.77. The molecule has 8 nitrogen and oxygen atoms in total. The topological polar surface area (TPSA) is 125 Å². The van der Waals surface area contributed by atoms with E-state index in [9.17, 15) is 24.6 Å². The molecule has 2 aromatic carbocycles. The molecule has 0 unspecified atom stereocenters. The Kier molecular flexibility index (Phi) is 6.21. The van der Waals surface area contributed by atoms with Gasteiger partial charge >= 0.3 is 12.0 Å². The molecule has 0 bridgehead atoms. The first-order chi connectivity index (χ1) is 13.9. The van der Waals surface area contributed by atoms with Crippen LogP contribution in [0.1, 0.15) is 43.0 Å². The molecule has 1 aliphatic carbocycles. The van der Waals surface area contributed by atoms with Crippen molar-refractivity contribution < 1.29 is 29.3 Å². The van der Waals surface area contributed by atoms with E-state index in [1.807, 2.05) is 0 Å². The largest absolute Gasteiger partial charge is 0.507 e.